The molecule has 2 aliphatic rings. The monoisotopic (exact) mass is 310 g/mol. The molecule has 0 radical (unpaired) electrons. The number of rotatable bonds is 5. The molecule has 0 aromatic heterocycles. The van der Waals surface area contributed by atoms with Crippen LogP contribution in [0, 0.1) is 5.41 Å². The molecule has 0 saturated heterocycles. The topological polar surface area (TPSA) is 92.8 Å². The van der Waals surface area contributed by atoms with Crippen LogP contribution >= 0.6 is 0 Å². The third-order valence-electron chi connectivity index (χ3n) is 4.99. The molecule has 0 amide bonds. The van der Waals surface area contributed by atoms with E-state index in [9.17, 15) is 19.1 Å². The van der Waals surface area contributed by atoms with E-state index in [-0.39, 0.29) is 41.4 Å². The number of aliphatic imine (C=N–C) groups is 1. The molecule has 0 aliphatic heterocycles. The number of alkyl halides is 1. The molecule has 0 aromatic rings. The number of hydrogen-bond acceptors (Lipinski definition) is 4. The number of aliphatic carboxylic acids is 1. The van der Waals surface area contributed by atoms with E-state index < -0.39 is 11.6 Å². The standard InChI is InChI=1S/C16H23FN2O3/c1-10(20)15(2)5-3-11(4-6-15)19-13(16(17)7-8-16)12(9-18)14(21)22/h9,11H,3-8,18H2,1-2H3,(H,21,22). The Morgan fingerprint density at radius 1 is 1.27 bits per heavy atom. The van der Waals surface area contributed by atoms with Crippen LogP contribution in [-0.4, -0.2) is 34.3 Å². The van der Waals surface area contributed by atoms with Gasteiger partial charge in [0.15, 0.2) is 5.67 Å². The Balaban J connectivity index is 2.19. The summed E-state index contributed by atoms with van der Waals surface area (Å²) in [5.74, 6) is -1.10. The fourth-order valence-corrected chi connectivity index (χ4v) is 2.93. The Kier molecular flexibility index (Phi) is 4.40. The van der Waals surface area contributed by atoms with Crippen molar-refractivity contribution in [1.29, 1.82) is 0 Å². The molecule has 0 unspecified atom stereocenters. The van der Waals surface area contributed by atoms with E-state index in [0.29, 0.717) is 25.7 Å². The lowest BCUT2D eigenvalue weighted by molar-refractivity contribution is -0.132. The predicted molar refractivity (Wildman–Crippen MR) is 81.5 cm³/mol. The highest BCUT2D eigenvalue weighted by Crippen LogP contribution is 2.44. The van der Waals surface area contributed by atoms with Crippen molar-refractivity contribution < 1.29 is 19.1 Å². The van der Waals surface area contributed by atoms with E-state index in [1.807, 2.05) is 6.92 Å². The number of hydrogen-bond donors (Lipinski definition) is 2. The number of nitrogens with two attached hydrogens (primary N) is 1. The number of carbonyl (C=O) groups excluding carboxylic acids is 1. The van der Waals surface area contributed by atoms with Gasteiger partial charge in [-0.3, -0.25) is 9.79 Å². The van der Waals surface area contributed by atoms with Crippen molar-refractivity contribution in [1.82, 2.24) is 0 Å². The Hall–Kier alpha value is -1.72. The molecule has 2 rings (SSSR count). The van der Waals surface area contributed by atoms with E-state index in [0.717, 1.165) is 6.20 Å². The molecular weight excluding hydrogens is 287 g/mol. The summed E-state index contributed by atoms with van der Waals surface area (Å²) in [6.45, 7) is 3.53. The molecule has 0 bridgehead atoms. The van der Waals surface area contributed by atoms with Gasteiger partial charge < -0.3 is 10.8 Å². The minimum Gasteiger partial charge on any atom is -0.478 e. The molecule has 0 heterocycles. The van der Waals surface area contributed by atoms with Crippen LogP contribution in [0.3, 0.4) is 0 Å². The highest BCUT2D eigenvalue weighted by atomic mass is 19.1. The van der Waals surface area contributed by atoms with E-state index in [1.165, 1.54) is 0 Å². The first-order chi connectivity index (χ1) is 10.2. The van der Waals surface area contributed by atoms with Crippen molar-refractivity contribution >= 4 is 17.5 Å². The normalized spacial score (nSPS) is 31.7. The summed E-state index contributed by atoms with van der Waals surface area (Å²) in [7, 11) is 0. The second kappa shape index (κ2) is 5.82. The van der Waals surface area contributed by atoms with Crippen LogP contribution < -0.4 is 5.73 Å². The lowest BCUT2D eigenvalue weighted by Gasteiger charge is -2.34. The molecule has 2 saturated carbocycles. The van der Waals surface area contributed by atoms with E-state index >= 15 is 0 Å². The Morgan fingerprint density at radius 3 is 2.18 bits per heavy atom. The molecule has 0 spiro atoms. The Bertz CT molecular complexity index is 542. The average Bonchev–Trinajstić information content (AvgIpc) is 3.19. The summed E-state index contributed by atoms with van der Waals surface area (Å²) in [5, 5.41) is 9.18. The minimum absolute atomic E-state index is 0.0288. The van der Waals surface area contributed by atoms with Gasteiger partial charge in [0.25, 0.3) is 0 Å². The summed E-state index contributed by atoms with van der Waals surface area (Å²) in [5.41, 5.74) is 3.09. The van der Waals surface area contributed by atoms with E-state index in [2.05, 4.69) is 4.99 Å². The van der Waals surface area contributed by atoms with Gasteiger partial charge in [-0.2, -0.15) is 0 Å². The zero-order valence-corrected chi connectivity index (χ0v) is 13.1. The number of carboxylic acid groups (broad SMARTS) is 1. The van der Waals surface area contributed by atoms with Crippen molar-refractivity contribution in [3.63, 3.8) is 0 Å². The molecule has 0 aromatic carbocycles. The van der Waals surface area contributed by atoms with E-state index in [4.69, 9.17) is 5.73 Å². The fourth-order valence-electron chi connectivity index (χ4n) is 2.93. The molecule has 122 valence electrons. The van der Waals surface area contributed by atoms with Crippen LogP contribution in [0.25, 0.3) is 0 Å². The summed E-state index contributed by atoms with van der Waals surface area (Å²) < 4.78 is 14.5. The zero-order valence-electron chi connectivity index (χ0n) is 13.1. The number of halogens is 1. The molecule has 5 nitrogen and oxygen atoms in total. The molecular formula is C16H23FN2O3. The van der Waals surface area contributed by atoms with Gasteiger partial charge >= 0.3 is 5.97 Å². The molecule has 2 aliphatic carbocycles. The Morgan fingerprint density at radius 2 is 1.82 bits per heavy atom. The quantitative estimate of drug-likeness (QED) is 0.602. The van der Waals surface area contributed by atoms with Crippen LogP contribution in [0.5, 0.6) is 0 Å². The van der Waals surface area contributed by atoms with Crippen LogP contribution in [0.4, 0.5) is 4.39 Å². The molecule has 22 heavy (non-hydrogen) atoms. The van der Waals surface area contributed by atoms with Crippen LogP contribution in [0.1, 0.15) is 52.4 Å². The lowest BCUT2D eigenvalue weighted by Crippen LogP contribution is -2.34. The van der Waals surface area contributed by atoms with Gasteiger partial charge in [0.1, 0.15) is 5.78 Å². The van der Waals surface area contributed by atoms with Gasteiger partial charge in [-0.15, -0.1) is 0 Å². The second-order valence-corrected chi connectivity index (χ2v) is 6.68. The van der Waals surface area contributed by atoms with Crippen molar-refractivity contribution in [2.45, 2.75) is 64.1 Å². The number of Topliss-reactive ketones (excluding diaryl/α,β-unsaturated/α-hetero) is 1. The molecule has 6 heteroatoms. The maximum Gasteiger partial charge on any atom is 0.339 e. The predicted octanol–water partition coefficient (Wildman–Crippen LogP) is 2.39. The summed E-state index contributed by atoms with van der Waals surface area (Å²) in [4.78, 5) is 27.3. The van der Waals surface area contributed by atoms with Gasteiger partial charge in [0.05, 0.1) is 17.3 Å². The van der Waals surface area contributed by atoms with Crippen molar-refractivity contribution in [2.24, 2.45) is 16.1 Å². The first kappa shape index (κ1) is 16.6. The second-order valence-electron chi connectivity index (χ2n) is 6.68. The van der Waals surface area contributed by atoms with Crippen molar-refractivity contribution in [3.05, 3.63) is 11.8 Å². The van der Waals surface area contributed by atoms with Gasteiger partial charge in [-0.05, 0) is 45.4 Å². The summed E-state index contributed by atoms with van der Waals surface area (Å²) in [6, 6.07) is -0.148. The lowest BCUT2D eigenvalue weighted by atomic mass is 9.71. The highest BCUT2D eigenvalue weighted by Gasteiger charge is 2.51. The molecule has 0 atom stereocenters. The summed E-state index contributed by atoms with van der Waals surface area (Å²) in [6.07, 6.45) is 4.20. The van der Waals surface area contributed by atoms with E-state index in [1.54, 1.807) is 6.92 Å². The van der Waals surface area contributed by atoms with Crippen molar-refractivity contribution in [2.75, 3.05) is 0 Å². The van der Waals surface area contributed by atoms with Crippen LogP contribution in [0.2, 0.25) is 0 Å². The summed E-state index contributed by atoms with van der Waals surface area (Å²) >= 11 is 0. The number of ketones is 1. The molecule has 2 fully saturated rings. The number of carbonyl (C=O) groups is 2. The minimum atomic E-state index is -1.65. The Labute approximate surface area is 129 Å². The van der Waals surface area contributed by atoms with Gasteiger partial charge in [-0.25, -0.2) is 9.18 Å². The smallest absolute Gasteiger partial charge is 0.339 e. The first-order valence-corrected chi connectivity index (χ1v) is 7.66. The maximum absolute atomic E-state index is 14.5. The zero-order chi connectivity index (χ0) is 16.5. The van der Waals surface area contributed by atoms with Crippen molar-refractivity contribution in [3.8, 4) is 0 Å². The maximum atomic E-state index is 14.5. The number of carboxylic acids is 1. The average molecular weight is 310 g/mol. The highest BCUT2D eigenvalue weighted by molar-refractivity contribution is 6.23. The van der Waals surface area contributed by atoms with Gasteiger partial charge in [0, 0.05) is 11.6 Å². The largest absolute Gasteiger partial charge is 0.478 e. The SMILES string of the molecule is CC(=O)C1(C)CCC(N=C(C(=CN)C(=O)O)C2(F)CC2)CC1. The first-order valence-electron chi connectivity index (χ1n) is 7.66. The van der Waals surface area contributed by atoms with Crippen LogP contribution in [0.15, 0.2) is 16.8 Å². The third kappa shape index (κ3) is 3.20. The van der Waals surface area contributed by atoms with Gasteiger partial charge in [-0.1, -0.05) is 6.92 Å². The van der Waals surface area contributed by atoms with Gasteiger partial charge in [0.2, 0.25) is 0 Å². The fraction of sp³-hybridized carbons (Fsp3) is 0.688. The number of nitrogens with zero attached hydrogens (tertiary/aromatic N) is 1. The third-order valence-corrected chi connectivity index (χ3v) is 4.99. The molecule has 3 N–H and O–H groups in total. The van der Waals surface area contributed by atoms with Crippen LogP contribution in [-0.2, 0) is 9.59 Å².